The fourth-order valence-corrected chi connectivity index (χ4v) is 4.64. The first-order valence-electron chi connectivity index (χ1n) is 10.6. The van der Waals surface area contributed by atoms with Gasteiger partial charge in [-0.2, -0.15) is 0 Å². The molecule has 3 heterocycles. The molecule has 2 fully saturated rings. The van der Waals surface area contributed by atoms with E-state index < -0.39 is 48.6 Å². The van der Waals surface area contributed by atoms with E-state index in [9.17, 15) is 28.0 Å². The molecule has 0 unspecified atom stereocenters. The number of rotatable bonds is 4. The molecule has 2 N–H and O–H groups in total. The molecule has 1 aromatic carbocycles. The first kappa shape index (κ1) is 21.2. The van der Waals surface area contributed by atoms with E-state index in [0.29, 0.717) is 5.69 Å². The molecule has 0 radical (unpaired) electrons. The van der Waals surface area contributed by atoms with Crippen LogP contribution in [0, 0.1) is 0 Å². The van der Waals surface area contributed by atoms with Crippen LogP contribution in [0.2, 0.25) is 0 Å². The number of urea groups is 1. The average molecular weight is 454 g/mol. The van der Waals surface area contributed by atoms with Gasteiger partial charge < -0.3 is 10.6 Å². The Morgan fingerprint density at radius 3 is 2.52 bits per heavy atom. The van der Waals surface area contributed by atoms with E-state index in [0.717, 1.165) is 21.7 Å². The Morgan fingerprint density at radius 1 is 1.06 bits per heavy atom. The van der Waals surface area contributed by atoms with Gasteiger partial charge in [-0.1, -0.05) is 12.1 Å². The van der Waals surface area contributed by atoms with Gasteiger partial charge >= 0.3 is 6.03 Å². The standard InChI is InChI=1S/C23H20F2N4O4/c24-23(25)8-6-22(7-9-23)20(32)29(21(33)28-22)12-18(30)13-4-5-16(26-11-13)14-2-1-3-17-15(14)10-19(31)27-17/h1-5,11H,6-10,12H2,(H,27,31)(H,28,33). The second kappa shape index (κ2) is 7.43. The largest absolute Gasteiger partial charge is 0.326 e. The summed E-state index contributed by atoms with van der Waals surface area (Å²) in [6, 6.07) is 7.88. The van der Waals surface area contributed by atoms with Crippen LogP contribution in [0.3, 0.4) is 0 Å². The predicted molar refractivity (Wildman–Crippen MR) is 113 cm³/mol. The molecule has 3 aliphatic rings. The second-order valence-corrected chi connectivity index (χ2v) is 8.67. The first-order valence-corrected chi connectivity index (χ1v) is 10.6. The van der Waals surface area contributed by atoms with Crippen molar-refractivity contribution >= 4 is 29.3 Å². The van der Waals surface area contributed by atoms with Crippen LogP contribution in [-0.2, 0) is 16.0 Å². The molecule has 10 heteroatoms. The van der Waals surface area contributed by atoms with E-state index in [4.69, 9.17) is 0 Å². The fourth-order valence-electron chi connectivity index (χ4n) is 4.64. The number of imide groups is 1. The molecule has 1 saturated carbocycles. The third kappa shape index (κ3) is 3.65. The third-order valence-corrected chi connectivity index (χ3v) is 6.53. The Bertz CT molecular complexity index is 1190. The number of anilines is 1. The Labute approximate surface area is 187 Å². The molecule has 0 bridgehead atoms. The Balaban J connectivity index is 1.30. The van der Waals surface area contributed by atoms with Crippen LogP contribution in [-0.4, -0.2) is 51.5 Å². The number of ketones is 1. The van der Waals surface area contributed by atoms with Crippen LogP contribution >= 0.6 is 0 Å². The number of hydrogen-bond acceptors (Lipinski definition) is 5. The molecule has 4 amide bonds. The van der Waals surface area contributed by atoms with Gasteiger partial charge in [-0.3, -0.25) is 24.3 Å². The van der Waals surface area contributed by atoms with Crippen molar-refractivity contribution in [2.75, 3.05) is 11.9 Å². The Kier molecular flexibility index (Phi) is 4.77. The van der Waals surface area contributed by atoms with Crippen molar-refractivity contribution in [3.63, 3.8) is 0 Å². The molecule has 2 aliphatic heterocycles. The van der Waals surface area contributed by atoms with Crippen LogP contribution in [0.4, 0.5) is 19.3 Å². The molecule has 2 aromatic rings. The molecular weight excluding hydrogens is 434 g/mol. The van der Waals surface area contributed by atoms with Crippen molar-refractivity contribution in [1.82, 2.24) is 15.2 Å². The number of benzene rings is 1. The van der Waals surface area contributed by atoms with Gasteiger partial charge in [-0.05, 0) is 36.6 Å². The second-order valence-electron chi connectivity index (χ2n) is 8.67. The van der Waals surface area contributed by atoms with Gasteiger partial charge in [0.2, 0.25) is 11.8 Å². The number of pyridine rings is 1. The number of halogens is 2. The maximum Gasteiger partial charge on any atom is 0.325 e. The quantitative estimate of drug-likeness (QED) is 0.546. The smallest absolute Gasteiger partial charge is 0.325 e. The number of hydrogen-bond donors (Lipinski definition) is 2. The molecule has 1 aliphatic carbocycles. The number of aromatic nitrogens is 1. The van der Waals surface area contributed by atoms with E-state index in [-0.39, 0.29) is 30.7 Å². The van der Waals surface area contributed by atoms with Gasteiger partial charge in [0.15, 0.2) is 5.78 Å². The lowest BCUT2D eigenvalue weighted by Gasteiger charge is -2.34. The number of amides is 4. The number of nitrogens with zero attached hydrogens (tertiary/aromatic N) is 2. The van der Waals surface area contributed by atoms with Crippen molar-refractivity contribution < 1.29 is 28.0 Å². The van der Waals surface area contributed by atoms with E-state index in [2.05, 4.69) is 15.6 Å². The number of Topliss-reactive ketones (excluding diaryl/α,β-unsaturated/α-hetero) is 1. The molecule has 5 rings (SSSR count). The molecule has 8 nitrogen and oxygen atoms in total. The predicted octanol–water partition coefficient (Wildman–Crippen LogP) is 2.93. The number of fused-ring (bicyclic) bond motifs is 1. The summed E-state index contributed by atoms with van der Waals surface area (Å²) in [7, 11) is 0. The van der Waals surface area contributed by atoms with E-state index in [1.54, 1.807) is 24.3 Å². The number of carbonyl (C=O) groups is 4. The highest BCUT2D eigenvalue weighted by Crippen LogP contribution is 2.41. The highest BCUT2D eigenvalue weighted by atomic mass is 19.3. The molecule has 1 spiro atoms. The summed E-state index contributed by atoms with van der Waals surface area (Å²) in [6.45, 7) is -0.497. The van der Waals surface area contributed by atoms with Gasteiger partial charge in [0.25, 0.3) is 5.91 Å². The lowest BCUT2D eigenvalue weighted by atomic mass is 9.80. The van der Waals surface area contributed by atoms with Crippen LogP contribution in [0.1, 0.15) is 41.6 Å². The van der Waals surface area contributed by atoms with Crippen LogP contribution in [0.5, 0.6) is 0 Å². The summed E-state index contributed by atoms with van der Waals surface area (Å²) < 4.78 is 27.0. The lowest BCUT2D eigenvalue weighted by molar-refractivity contribution is -0.135. The Morgan fingerprint density at radius 2 is 1.82 bits per heavy atom. The molecular formula is C23H20F2N4O4. The maximum atomic E-state index is 13.5. The highest BCUT2D eigenvalue weighted by molar-refractivity contribution is 6.11. The normalized spacial score (nSPS) is 20.5. The van der Waals surface area contributed by atoms with Crippen molar-refractivity contribution in [2.45, 2.75) is 43.6 Å². The fraction of sp³-hybridized carbons (Fsp3) is 0.348. The van der Waals surface area contributed by atoms with Crippen molar-refractivity contribution in [1.29, 1.82) is 0 Å². The van der Waals surface area contributed by atoms with Gasteiger partial charge in [-0.25, -0.2) is 13.6 Å². The van der Waals surface area contributed by atoms with E-state index >= 15 is 0 Å². The van der Waals surface area contributed by atoms with Gasteiger partial charge in [0, 0.05) is 35.9 Å². The summed E-state index contributed by atoms with van der Waals surface area (Å²) >= 11 is 0. The van der Waals surface area contributed by atoms with Crippen LogP contribution in [0.25, 0.3) is 11.3 Å². The zero-order valence-corrected chi connectivity index (χ0v) is 17.5. The topological polar surface area (TPSA) is 108 Å². The average Bonchev–Trinajstić information content (AvgIpc) is 3.28. The van der Waals surface area contributed by atoms with Crippen molar-refractivity contribution in [3.8, 4) is 11.3 Å². The number of carbonyl (C=O) groups excluding carboxylic acids is 4. The minimum atomic E-state index is -2.85. The molecule has 1 aromatic heterocycles. The van der Waals surface area contributed by atoms with Crippen LogP contribution < -0.4 is 10.6 Å². The van der Waals surface area contributed by atoms with Gasteiger partial charge in [0.1, 0.15) is 5.54 Å². The minimum Gasteiger partial charge on any atom is -0.326 e. The zero-order chi connectivity index (χ0) is 23.4. The third-order valence-electron chi connectivity index (χ3n) is 6.53. The summed E-state index contributed by atoms with van der Waals surface area (Å²) in [5.41, 5.74) is 1.76. The zero-order valence-electron chi connectivity index (χ0n) is 17.5. The SMILES string of the molecule is O=C1Cc2c(cccc2-c2ccc(C(=O)CN3C(=O)NC4(CCC(F)(F)CC4)C3=O)cn2)N1. The maximum absolute atomic E-state index is 13.5. The first-order chi connectivity index (χ1) is 15.7. The van der Waals surface area contributed by atoms with Crippen LogP contribution in [0.15, 0.2) is 36.5 Å². The van der Waals surface area contributed by atoms with Crippen molar-refractivity contribution in [3.05, 3.63) is 47.7 Å². The summed E-state index contributed by atoms with van der Waals surface area (Å²) in [4.78, 5) is 54.8. The molecule has 33 heavy (non-hydrogen) atoms. The van der Waals surface area contributed by atoms with E-state index in [1.165, 1.54) is 6.20 Å². The van der Waals surface area contributed by atoms with Gasteiger partial charge in [-0.15, -0.1) is 0 Å². The van der Waals surface area contributed by atoms with E-state index in [1.807, 2.05) is 6.07 Å². The number of alkyl halides is 2. The summed E-state index contributed by atoms with van der Waals surface area (Å²) in [6.07, 6.45) is 0.298. The van der Waals surface area contributed by atoms with Gasteiger partial charge in [0.05, 0.1) is 18.7 Å². The molecule has 1 saturated heterocycles. The summed E-state index contributed by atoms with van der Waals surface area (Å²) in [5.74, 6) is -4.09. The number of nitrogens with one attached hydrogen (secondary N) is 2. The Hall–Kier alpha value is -3.69. The summed E-state index contributed by atoms with van der Waals surface area (Å²) in [5, 5.41) is 5.30. The minimum absolute atomic E-state index is 0.0998. The molecule has 0 atom stereocenters. The molecule has 170 valence electrons. The lowest BCUT2D eigenvalue weighted by Crippen LogP contribution is -2.51. The highest BCUT2D eigenvalue weighted by Gasteiger charge is 2.55. The monoisotopic (exact) mass is 454 g/mol. The van der Waals surface area contributed by atoms with Crippen molar-refractivity contribution in [2.24, 2.45) is 0 Å².